The number of para-hydroxylation sites is 1. The lowest BCUT2D eigenvalue weighted by atomic mass is 10.3. The van der Waals surface area contributed by atoms with Gasteiger partial charge in [0.15, 0.2) is 0 Å². The molecule has 0 amide bonds. The molecule has 0 aliphatic heterocycles. The lowest BCUT2D eigenvalue weighted by Crippen LogP contribution is -1.99. The molecule has 1 nitrogen and oxygen atoms in total. The van der Waals surface area contributed by atoms with Crippen molar-refractivity contribution < 1.29 is 4.74 Å². The van der Waals surface area contributed by atoms with E-state index in [0.717, 1.165) is 19.1 Å². The van der Waals surface area contributed by atoms with E-state index in [4.69, 9.17) is 4.74 Å². The van der Waals surface area contributed by atoms with E-state index in [1.165, 1.54) is 0 Å². The number of rotatable bonds is 3. The van der Waals surface area contributed by atoms with Gasteiger partial charge in [-0.1, -0.05) is 22.0 Å². The quantitative estimate of drug-likeness (QED) is 0.548. The zero-order chi connectivity index (χ0) is 8.97. The van der Waals surface area contributed by atoms with E-state index in [-0.39, 0.29) is 0 Å². The van der Waals surface area contributed by atoms with Gasteiger partial charge in [0.05, 0.1) is 14.6 Å². The average Bonchev–Trinajstić information content (AvgIpc) is 2.04. The third kappa shape index (κ3) is 2.88. The average molecular weight is 406 g/mol. The fourth-order valence-electron chi connectivity index (χ4n) is 0.761. The van der Waals surface area contributed by atoms with Crippen LogP contribution in [0.15, 0.2) is 22.7 Å². The van der Waals surface area contributed by atoms with Crippen LogP contribution in [0, 0.1) is 3.57 Å². The summed E-state index contributed by atoms with van der Waals surface area (Å²) in [6.45, 7) is 0.693. The summed E-state index contributed by atoms with van der Waals surface area (Å²) in [6, 6.07) is 5.99. The zero-order valence-corrected chi connectivity index (χ0v) is 11.5. The predicted molar refractivity (Wildman–Crippen MR) is 66.1 cm³/mol. The van der Waals surface area contributed by atoms with Crippen molar-refractivity contribution in [2.24, 2.45) is 0 Å². The van der Waals surface area contributed by atoms with Crippen LogP contribution in [0.5, 0.6) is 5.75 Å². The first-order chi connectivity index (χ1) is 5.75. The second-order valence-corrected chi connectivity index (χ2v) is 4.90. The Hall–Kier alpha value is 0.710. The lowest BCUT2D eigenvalue weighted by Gasteiger charge is -2.07. The molecule has 0 aromatic heterocycles. The Bertz CT molecular complexity index is 245. The second-order valence-electron chi connectivity index (χ2n) is 2.09. The highest BCUT2D eigenvalue weighted by atomic mass is 127. The molecule has 0 fully saturated rings. The summed E-state index contributed by atoms with van der Waals surface area (Å²) in [5.74, 6) is 0.928. The molecule has 0 saturated heterocycles. The summed E-state index contributed by atoms with van der Waals surface area (Å²) >= 11 is 9.00. The predicted octanol–water partition coefficient (Wildman–Crippen LogP) is 3.83. The van der Waals surface area contributed by atoms with Crippen LogP contribution in [0.2, 0.25) is 0 Å². The molecular formula is C8H7Br2IO. The summed E-state index contributed by atoms with van der Waals surface area (Å²) in [6.07, 6.45) is 0. The van der Waals surface area contributed by atoms with E-state index in [1.54, 1.807) is 0 Å². The van der Waals surface area contributed by atoms with Crippen LogP contribution in [-0.4, -0.2) is 11.9 Å². The van der Waals surface area contributed by atoms with Crippen LogP contribution in [-0.2, 0) is 0 Å². The third-order valence-corrected chi connectivity index (χ3v) is 3.04. The van der Waals surface area contributed by atoms with Gasteiger partial charge in [0.25, 0.3) is 0 Å². The molecular weight excluding hydrogens is 399 g/mol. The molecule has 1 aromatic rings. The van der Waals surface area contributed by atoms with Gasteiger partial charge in [-0.25, -0.2) is 0 Å². The molecule has 0 aliphatic rings. The summed E-state index contributed by atoms with van der Waals surface area (Å²) < 4.78 is 7.65. The largest absolute Gasteiger partial charge is 0.490 e. The molecule has 0 aliphatic carbocycles. The van der Waals surface area contributed by atoms with Crippen LogP contribution in [0.3, 0.4) is 0 Å². The molecule has 1 aromatic carbocycles. The van der Waals surface area contributed by atoms with Crippen molar-refractivity contribution in [2.75, 3.05) is 11.9 Å². The molecule has 0 N–H and O–H groups in total. The van der Waals surface area contributed by atoms with Crippen molar-refractivity contribution in [3.8, 4) is 5.75 Å². The Morgan fingerprint density at radius 3 is 2.75 bits per heavy atom. The Kier molecular flexibility index (Phi) is 4.89. The van der Waals surface area contributed by atoms with E-state index in [9.17, 15) is 0 Å². The minimum Gasteiger partial charge on any atom is -0.490 e. The minimum absolute atomic E-state index is 0.693. The van der Waals surface area contributed by atoms with Crippen molar-refractivity contribution >= 4 is 54.5 Å². The van der Waals surface area contributed by atoms with Crippen LogP contribution in [0.25, 0.3) is 0 Å². The second kappa shape index (κ2) is 5.44. The first-order valence-corrected chi connectivity index (χ1v) is 6.38. The van der Waals surface area contributed by atoms with Gasteiger partial charge in [-0.3, -0.25) is 0 Å². The molecule has 0 spiro atoms. The van der Waals surface area contributed by atoms with Gasteiger partial charge in [0, 0.05) is 5.33 Å². The van der Waals surface area contributed by atoms with Crippen molar-refractivity contribution in [2.45, 2.75) is 0 Å². The normalized spacial score (nSPS) is 9.92. The number of hydrogen-bond donors (Lipinski definition) is 0. The Morgan fingerprint density at radius 1 is 1.42 bits per heavy atom. The maximum atomic E-state index is 5.52. The lowest BCUT2D eigenvalue weighted by molar-refractivity contribution is 0.340. The number of alkyl halides is 1. The summed E-state index contributed by atoms with van der Waals surface area (Å²) in [5, 5.41) is 0.852. The molecule has 4 heteroatoms. The fourth-order valence-corrected chi connectivity index (χ4v) is 2.43. The Labute approximate surface area is 102 Å². The summed E-state index contributed by atoms with van der Waals surface area (Å²) in [5.41, 5.74) is 0. The smallest absolute Gasteiger partial charge is 0.146 e. The minimum atomic E-state index is 0.693. The van der Waals surface area contributed by atoms with Crippen molar-refractivity contribution in [3.05, 3.63) is 26.2 Å². The molecule has 66 valence electrons. The van der Waals surface area contributed by atoms with Gasteiger partial charge in [0.2, 0.25) is 0 Å². The molecule has 0 radical (unpaired) electrons. The van der Waals surface area contributed by atoms with Gasteiger partial charge >= 0.3 is 0 Å². The number of halogens is 3. The highest BCUT2D eigenvalue weighted by molar-refractivity contribution is 14.1. The number of benzene rings is 1. The topological polar surface area (TPSA) is 9.23 Å². The Morgan fingerprint density at radius 2 is 2.17 bits per heavy atom. The van der Waals surface area contributed by atoms with E-state index < -0.39 is 0 Å². The Balaban J connectivity index is 2.81. The van der Waals surface area contributed by atoms with Gasteiger partial charge in [-0.15, -0.1) is 0 Å². The van der Waals surface area contributed by atoms with Gasteiger partial charge in [-0.05, 0) is 50.7 Å². The first-order valence-electron chi connectivity index (χ1n) is 3.38. The van der Waals surface area contributed by atoms with Gasteiger partial charge < -0.3 is 4.74 Å². The molecule has 0 unspecified atom stereocenters. The SMILES string of the molecule is BrCCOc1c(Br)cccc1I. The maximum Gasteiger partial charge on any atom is 0.146 e. The monoisotopic (exact) mass is 404 g/mol. The van der Waals surface area contributed by atoms with Crippen molar-refractivity contribution in [3.63, 3.8) is 0 Å². The fraction of sp³-hybridized carbons (Fsp3) is 0.250. The van der Waals surface area contributed by atoms with Crippen molar-refractivity contribution in [1.82, 2.24) is 0 Å². The van der Waals surface area contributed by atoms with E-state index >= 15 is 0 Å². The van der Waals surface area contributed by atoms with E-state index in [0.29, 0.717) is 6.61 Å². The van der Waals surface area contributed by atoms with E-state index in [2.05, 4.69) is 54.5 Å². The third-order valence-electron chi connectivity index (χ3n) is 1.24. The first kappa shape index (κ1) is 10.8. The summed E-state index contributed by atoms with van der Waals surface area (Å²) in [4.78, 5) is 0. The molecule has 0 atom stereocenters. The molecule has 0 heterocycles. The van der Waals surface area contributed by atoms with Crippen LogP contribution in [0.4, 0.5) is 0 Å². The van der Waals surface area contributed by atoms with Gasteiger partial charge in [-0.2, -0.15) is 0 Å². The summed E-state index contributed by atoms with van der Waals surface area (Å²) in [7, 11) is 0. The highest BCUT2D eigenvalue weighted by Gasteiger charge is 2.03. The maximum absolute atomic E-state index is 5.52. The molecule has 0 saturated carbocycles. The zero-order valence-electron chi connectivity index (χ0n) is 6.19. The highest BCUT2D eigenvalue weighted by Crippen LogP contribution is 2.29. The van der Waals surface area contributed by atoms with Crippen molar-refractivity contribution in [1.29, 1.82) is 0 Å². The number of hydrogen-bond acceptors (Lipinski definition) is 1. The molecule has 0 bridgehead atoms. The van der Waals surface area contributed by atoms with Crippen LogP contribution < -0.4 is 4.74 Å². The standard InChI is InChI=1S/C8H7Br2IO/c9-4-5-12-8-6(10)2-1-3-7(8)11/h1-3H,4-5H2. The molecule has 1 rings (SSSR count). The van der Waals surface area contributed by atoms with Crippen LogP contribution in [0.1, 0.15) is 0 Å². The number of ether oxygens (including phenoxy) is 1. The van der Waals surface area contributed by atoms with Crippen LogP contribution >= 0.6 is 54.5 Å². The van der Waals surface area contributed by atoms with Gasteiger partial charge in [0.1, 0.15) is 5.75 Å². The van der Waals surface area contributed by atoms with E-state index in [1.807, 2.05) is 18.2 Å². The molecule has 12 heavy (non-hydrogen) atoms.